The molecule has 1 aromatic carbocycles. The van der Waals surface area contributed by atoms with Gasteiger partial charge in [0.15, 0.2) is 0 Å². The molecule has 2 aliphatic rings. The molecule has 3 rings (SSSR count). The van der Waals surface area contributed by atoms with E-state index in [1.54, 1.807) is 4.90 Å². The molecule has 1 saturated carbocycles. The van der Waals surface area contributed by atoms with E-state index in [9.17, 15) is 9.59 Å². The Morgan fingerprint density at radius 1 is 1.14 bits per heavy atom. The molecule has 1 heterocycles. The molecular weight excluding hydrogens is 280 g/mol. The maximum absolute atomic E-state index is 12.3. The van der Waals surface area contributed by atoms with Gasteiger partial charge in [-0.05, 0) is 37.7 Å². The van der Waals surface area contributed by atoms with E-state index in [4.69, 9.17) is 4.74 Å². The molecule has 0 spiro atoms. The molecule has 2 amide bonds. The van der Waals surface area contributed by atoms with Crippen molar-refractivity contribution in [1.29, 1.82) is 0 Å². The van der Waals surface area contributed by atoms with Crippen molar-refractivity contribution in [2.75, 3.05) is 6.54 Å². The quantitative estimate of drug-likeness (QED) is 0.929. The van der Waals surface area contributed by atoms with Crippen LogP contribution < -0.4 is 5.32 Å². The number of rotatable bonds is 4. The van der Waals surface area contributed by atoms with Crippen LogP contribution in [0.25, 0.3) is 0 Å². The van der Waals surface area contributed by atoms with Gasteiger partial charge < -0.3 is 10.1 Å². The first-order chi connectivity index (χ1) is 10.7. The third kappa shape index (κ3) is 3.40. The minimum atomic E-state index is -0.393. The first-order valence-electron chi connectivity index (χ1n) is 8.02. The van der Waals surface area contributed by atoms with Gasteiger partial charge >= 0.3 is 6.09 Å². The van der Waals surface area contributed by atoms with Crippen LogP contribution >= 0.6 is 0 Å². The molecular formula is C17H22N2O3. The first-order valence-corrected chi connectivity index (χ1v) is 8.02. The summed E-state index contributed by atoms with van der Waals surface area (Å²) >= 11 is 0. The Kier molecular flexibility index (Phi) is 4.61. The number of carbonyl (C=O) groups is 2. The van der Waals surface area contributed by atoms with Crippen LogP contribution in [0.3, 0.4) is 0 Å². The second-order valence-corrected chi connectivity index (χ2v) is 6.03. The Balaban J connectivity index is 1.52. The van der Waals surface area contributed by atoms with Gasteiger partial charge in [0.05, 0.1) is 0 Å². The average Bonchev–Trinajstić information content (AvgIpc) is 2.99. The molecule has 0 radical (unpaired) electrons. The topological polar surface area (TPSA) is 58.6 Å². The van der Waals surface area contributed by atoms with E-state index in [1.807, 2.05) is 30.3 Å². The van der Waals surface area contributed by atoms with Crippen molar-refractivity contribution >= 4 is 12.0 Å². The predicted octanol–water partition coefficient (Wildman–Crippen LogP) is 2.46. The molecule has 5 heteroatoms. The van der Waals surface area contributed by atoms with Crippen molar-refractivity contribution in [3.8, 4) is 0 Å². The lowest BCUT2D eigenvalue weighted by atomic mass is 9.93. The summed E-state index contributed by atoms with van der Waals surface area (Å²) in [6, 6.07) is 9.50. The van der Waals surface area contributed by atoms with E-state index in [-0.39, 0.29) is 18.6 Å². The third-order valence-electron chi connectivity index (χ3n) is 4.45. The van der Waals surface area contributed by atoms with Gasteiger partial charge in [-0.1, -0.05) is 30.3 Å². The van der Waals surface area contributed by atoms with Crippen molar-refractivity contribution in [2.24, 2.45) is 0 Å². The van der Waals surface area contributed by atoms with Crippen molar-refractivity contribution in [1.82, 2.24) is 10.2 Å². The number of nitrogens with one attached hydrogen (secondary N) is 1. The minimum Gasteiger partial charge on any atom is -0.445 e. The molecule has 2 fully saturated rings. The molecule has 1 saturated heterocycles. The maximum atomic E-state index is 12.3. The lowest BCUT2D eigenvalue weighted by Gasteiger charge is -2.30. The fourth-order valence-corrected chi connectivity index (χ4v) is 2.91. The Bertz CT molecular complexity index is 528. The number of ether oxygens (including phenoxy) is 1. The maximum Gasteiger partial charge on any atom is 0.410 e. The van der Waals surface area contributed by atoms with Gasteiger partial charge in [-0.2, -0.15) is 0 Å². The second-order valence-electron chi connectivity index (χ2n) is 6.03. The van der Waals surface area contributed by atoms with Crippen LogP contribution in [0, 0.1) is 0 Å². The number of carbonyl (C=O) groups excluding carboxylic acids is 2. The molecule has 1 N–H and O–H groups in total. The summed E-state index contributed by atoms with van der Waals surface area (Å²) < 4.78 is 5.34. The van der Waals surface area contributed by atoms with Gasteiger partial charge in [0.25, 0.3) is 0 Å². The molecule has 1 aromatic rings. The van der Waals surface area contributed by atoms with E-state index < -0.39 is 6.09 Å². The summed E-state index contributed by atoms with van der Waals surface area (Å²) in [7, 11) is 0. The van der Waals surface area contributed by atoms with E-state index in [1.165, 1.54) is 6.42 Å². The number of likely N-dealkylation sites (tertiary alicyclic amines) is 1. The lowest BCUT2D eigenvalue weighted by molar-refractivity contribution is -0.126. The van der Waals surface area contributed by atoms with Crippen LogP contribution in [0.2, 0.25) is 0 Å². The molecule has 1 aliphatic heterocycles. The molecule has 1 unspecified atom stereocenters. The normalized spacial score (nSPS) is 21.3. The Morgan fingerprint density at radius 2 is 1.91 bits per heavy atom. The van der Waals surface area contributed by atoms with Gasteiger partial charge in [0.2, 0.25) is 5.91 Å². The van der Waals surface area contributed by atoms with Crippen molar-refractivity contribution < 1.29 is 14.3 Å². The first kappa shape index (κ1) is 14.9. The second kappa shape index (κ2) is 6.81. The molecule has 5 nitrogen and oxygen atoms in total. The molecule has 1 atom stereocenters. The fraction of sp³-hybridized carbons (Fsp3) is 0.529. The summed E-state index contributed by atoms with van der Waals surface area (Å²) in [6.45, 7) is 0.837. The zero-order chi connectivity index (χ0) is 15.4. The molecule has 1 aliphatic carbocycles. The van der Waals surface area contributed by atoms with Crippen LogP contribution in [0.5, 0.6) is 0 Å². The Morgan fingerprint density at radius 3 is 2.59 bits per heavy atom. The summed E-state index contributed by atoms with van der Waals surface area (Å²) in [5, 5.41) is 3.03. The fourth-order valence-electron chi connectivity index (χ4n) is 2.91. The van der Waals surface area contributed by atoms with E-state index in [2.05, 4.69) is 5.32 Å². The van der Waals surface area contributed by atoms with Gasteiger partial charge in [-0.3, -0.25) is 9.69 Å². The van der Waals surface area contributed by atoms with Gasteiger partial charge in [0, 0.05) is 12.6 Å². The number of hydrogen-bond acceptors (Lipinski definition) is 3. The predicted molar refractivity (Wildman–Crippen MR) is 82.1 cm³/mol. The highest BCUT2D eigenvalue weighted by Gasteiger charge is 2.36. The standard InChI is InChI=1S/C17H22N2O3/c20-16(18-14-8-4-9-14)15-10-5-11-19(15)17(21)22-12-13-6-2-1-3-7-13/h1-3,6-7,14-15H,4-5,8-12H2,(H,18,20). The number of amides is 2. The van der Waals surface area contributed by atoms with Gasteiger partial charge in [-0.25, -0.2) is 4.79 Å². The third-order valence-corrected chi connectivity index (χ3v) is 4.45. The smallest absolute Gasteiger partial charge is 0.410 e. The van der Waals surface area contributed by atoms with Crippen molar-refractivity contribution in [3.63, 3.8) is 0 Å². The van der Waals surface area contributed by atoms with E-state index >= 15 is 0 Å². The SMILES string of the molecule is O=C(NC1CCC1)C1CCCN1C(=O)OCc1ccccc1. The molecule has 22 heavy (non-hydrogen) atoms. The monoisotopic (exact) mass is 302 g/mol. The highest BCUT2D eigenvalue weighted by Crippen LogP contribution is 2.22. The zero-order valence-corrected chi connectivity index (χ0v) is 12.7. The molecule has 0 bridgehead atoms. The van der Waals surface area contributed by atoms with Crippen LogP contribution in [-0.2, 0) is 16.1 Å². The minimum absolute atomic E-state index is 0.0288. The molecule has 0 aromatic heterocycles. The van der Waals surface area contributed by atoms with Crippen LogP contribution in [0.4, 0.5) is 4.79 Å². The highest BCUT2D eigenvalue weighted by atomic mass is 16.6. The van der Waals surface area contributed by atoms with Crippen LogP contribution in [-0.4, -0.2) is 35.5 Å². The van der Waals surface area contributed by atoms with Gasteiger partial charge in [0.1, 0.15) is 12.6 Å². The van der Waals surface area contributed by atoms with E-state index in [0.717, 1.165) is 31.2 Å². The van der Waals surface area contributed by atoms with Crippen molar-refractivity contribution in [3.05, 3.63) is 35.9 Å². The largest absolute Gasteiger partial charge is 0.445 e. The summed E-state index contributed by atoms with van der Waals surface area (Å²) in [5.41, 5.74) is 0.950. The van der Waals surface area contributed by atoms with E-state index in [0.29, 0.717) is 12.6 Å². The highest BCUT2D eigenvalue weighted by molar-refractivity contribution is 5.86. The average molecular weight is 302 g/mol. The molecule has 118 valence electrons. The summed E-state index contributed by atoms with van der Waals surface area (Å²) in [6.07, 6.45) is 4.46. The Labute approximate surface area is 130 Å². The van der Waals surface area contributed by atoms with Gasteiger partial charge in [-0.15, -0.1) is 0 Å². The number of hydrogen-bond donors (Lipinski definition) is 1. The number of benzene rings is 1. The summed E-state index contributed by atoms with van der Waals surface area (Å²) in [5.74, 6) is -0.0288. The summed E-state index contributed by atoms with van der Waals surface area (Å²) in [4.78, 5) is 26.1. The van der Waals surface area contributed by atoms with Crippen molar-refractivity contribution in [2.45, 2.75) is 50.8 Å². The van der Waals surface area contributed by atoms with Crippen LogP contribution in [0.15, 0.2) is 30.3 Å². The lowest BCUT2D eigenvalue weighted by Crippen LogP contribution is -2.50. The number of nitrogens with zero attached hydrogens (tertiary/aromatic N) is 1. The zero-order valence-electron chi connectivity index (χ0n) is 12.7. The van der Waals surface area contributed by atoms with Crippen LogP contribution in [0.1, 0.15) is 37.7 Å². The Hall–Kier alpha value is -2.04.